The average Bonchev–Trinajstić information content (AvgIpc) is 2.42. The molecular formula is C18H24O3. The van der Waals surface area contributed by atoms with Crippen LogP contribution in [-0.2, 0) is 10.2 Å². The van der Waals surface area contributed by atoms with E-state index in [1.807, 2.05) is 19.9 Å². The average molecular weight is 288 g/mol. The number of benzene rings is 1. The Hall–Kier alpha value is -1.77. The highest BCUT2D eigenvalue weighted by Crippen LogP contribution is 2.48. The smallest absolute Gasteiger partial charge is 0.312 e. The fourth-order valence-electron chi connectivity index (χ4n) is 2.78. The summed E-state index contributed by atoms with van der Waals surface area (Å²) in [5.74, 6) is 1.74. The third-order valence-corrected chi connectivity index (χ3v) is 4.77. The van der Waals surface area contributed by atoms with Crippen molar-refractivity contribution in [2.24, 2.45) is 5.92 Å². The van der Waals surface area contributed by atoms with Crippen molar-refractivity contribution in [3.8, 4) is 11.5 Å². The van der Waals surface area contributed by atoms with Gasteiger partial charge in [-0.15, -0.1) is 0 Å². The van der Waals surface area contributed by atoms with Gasteiger partial charge in [0.1, 0.15) is 18.1 Å². The van der Waals surface area contributed by atoms with Gasteiger partial charge in [-0.1, -0.05) is 33.4 Å². The van der Waals surface area contributed by atoms with E-state index in [1.165, 1.54) is 0 Å². The highest BCUT2D eigenvalue weighted by molar-refractivity contribution is 5.79. The first kappa shape index (κ1) is 15.6. The Morgan fingerprint density at radius 1 is 1.43 bits per heavy atom. The molecule has 1 unspecified atom stereocenters. The number of carbonyl (C=O) groups is 1. The lowest BCUT2D eigenvalue weighted by molar-refractivity contribution is -0.137. The maximum atomic E-state index is 12.0. The van der Waals surface area contributed by atoms with Crippen molar-refractivity contribution < 1.29 is 14.3 Å². The molecule has 0 amide bonds. The summed E-state index contributed by atoms with van der Waals surface area (Å²) in [5.41, 5.74) is 2.83. The van der Waals surface area contributed by atoms with Crippen LogP contribution in [0.5, 0.6) is 11.5 Å². The number of fused-ring (bicyclic) bond motifs is 1. The molecule has 0 saturated heterocycles. The van der Waals surface area contributed by atoms with Gasteiger partial charge in [-0.2, -0.15) is 0 Å². The molecule has 1 aromatic carbocycles. The Morgan fingerprint density at radius 3 is 2.67 bits per heavy atom. The summed E-state index contributed by atoms with van der Waals surface area (Å²) < 4.78 is 11.3. The van der Waals surface area contributed by atoms with Gasteiger partial charge in [0.15, 0.2) is 0 Å². The van der Waals surface area contributed by atoms with Crippen LogP contribution in [0.2, 0.25) is 0 Å². The molecule has 21 heavy (non-hydrogen) atoms. The lowest BCUT2D eigenvalue weighted by atomic mass is 9.69. The van der Waals surface area contributed by atoms with E-state index in [4.69, 9.17) is 9.47 Å². The highest BCUT2D eigenvalue weighted by Gasteiger charge is 2.41. The lowest BCUT2D eigenvalue weighted by Gasteiger charge is -2.39. The van der Waals surface area contributed by atoms with Gasteiger partial charge in [0, 0.05) is 11.0 Å². The predicted octanol–water partition coefficient (Wildman–Crippen LogP) is 4.09. The second-order valence-corrected chi connectivity index (χ2v) is 6.32. The number of ether oxygens (including phenoxy) is 2. The maximum absolute atomic E-state index is 12.0. The van der Waals surface area contributed by atoms with Crippen molar-refractivity contribution >= 4 is 5.97 Å². The zero-order valence-electron chi connectivity index (χ0n) is 13.6. The first-order valence-electron chi connectivity index (χ1n) is 7.40. The fourth-order valence-corrected chi connectivity index (χ4v) is 2.78. The molecule has 114 valence electrons. The zero-order valence-corrected chi connectivity index (χ0v) is 13.6. The SMILES string of the molecule is C=CCOc1cc2c(c(C)c1C)OC(=O)CC2(C)C(C)C. The molecule has 1 aliphatic rings. The molecule has 0 saturated carbocycles. The van der Waals surface area contributed by atoms with E-state index in [2.05, 4.69) is 27.4 Å². The molecule has 0 aliphatic carbocycles. The Balaban J connectivity index is 2.64. The van der Waals surface area contributed by atoms with E-state index >= 15 is 0 Å². The second-order valence-electron chi connectivity index (χ2n) is 6.32. The Labute approximate surface area is 127 Å². The van der Waals surface area contributed by atoms with Gasteiger partial charge in [0.25, 0.3) is 0 Å². The van der Waals surface area contributed by atoms with Gasteiger partial charge in [0.2, 0.25) is 0 Å². The van der Waals surface area contributed by atoms with Crippen LogP contribution in [0.3, 0.4) is 0 Å². The van der Waals surface area contributed by atoms with E-state index in [9.17, 15) is 4.79 Å². The molecule has 1 atom stereocenters. The molecule has 0 radical (unpaired) electrons. The minimum atomic E-state index is -0.227. The summed E-state index contributed by atoms with van der Waals surface area (Å²) in [6, 6.07) is 2.04. The summed E-state index contributed by atoms with van der Waals surface area (Å²) in [7, 11) is 0. The fraction of sp³-hybridized carbons (Fsp3) is 0.500. The predicted molar refractivity (Wildman–Crippen MR) is 84.1 cm³/mol. The van der Waals surface area contributed by atoms with E-state index in [-0.39, 0.29) is 11.4 Å². The molecule has 0 bridgehead atoms. The van der Waals surface area contributed by atoms with Crippen molar-refractivity contribution in [3.05, 3.63) is 35.4 Å². The summed E-state index contributed by atoms with van der Waals surface area (Å²) in [4.78, 5) is 12.0. The quantitative estimate of drug-likeness (QED) is 0.475. The van der Waals surface area contributed by atoms with Crippen LogP contribution in [0.1, 0.15) is 43.9 Å². The summed E-state index contributed by atoms with van der Waals surface area (Å²) >= 11 is 0. The molecule has 0 N–H and O–H groups in total. The van der Waals surface area contributed by atoms with Crippen molar-refractivity contribution in [2.45, 2.75) is 46.5 Å². The molecule has 3 heteroatoms. The number of hydrogen-bond donors (Lipinski definition) is 0. The van der Waals surface area contributed by atoms with Crippen LogP contribution < -0.4 is 9.47 Å². The number of rotatable bonds is 4. The van der Waals surface area contributed by atoms with E-state index < -0.39 is 0 Å². The molecule has 1 aromatic rings. The lowest BCUT2D eigenvalue weighted by Crippen LogP contribution is -2.38. The highest BCUT2D eigenvalue weighted by atomic mass is 16.5. The number of carbonyl (C=O) groups excluding carboxylic acids is 1. The molecule has 3 nitrogen and oxygen atoms in total. The second kappa shape index (κ2) is 5.55. The Kier molecular flexibility index (Phi) is 4.13. The molecule has 0 fully saturated rings. The van der Waals surface area contributed by atoms with Gasteiger partial charge in [-0.25, -0.2) is 0 Å². The minimum absolute atomic E-state index is 0.152. The summed E-state index contributed by atoms with van der Waals surface area (Å²) in [5, 5.41) is 0. The van der Waals surface area contributed by atoms with Gasteiger partial charge in [-0.05, 0) is 37.0 Å². The molecule has 1 heterocycles. The van der Waals surface area contributed by atoms with Crippen LogP contribution in [0.25, 0.3) is 0 Å². The molecule has 0 spiro atoms. The maximum Gasteiger partial charge on any atom is 0.312 e. The van der Waals surface area contributed by atoms with Crippen LogP contribution in [0.15, 0.2) is 18.7 Å². The Bertz CT molecular complexity index is 587. The van der Waals surface area contributed by atoms with Crippen molar-refractivity contribution in [1.29, 1.82) is 0 Å². The van der Waals surface area contributed by atoms with Gasteiger partial charge in [0.05, 0.1) is 6.42 Å². The van der Waals surface area contributed by atoms with Crippen LogP contribution in [0.4, 0.5) is 0 Å². The van der Waals surface area contributed by atoms with Crippen LogP contribution in [-0.4, -0.2) is 12.6 Å². The normalized spacial score (nSPS) is 21.0. The van der Waals surface area contributed by atoms with E-state index in [1.54, 1.807) is 6.08 Å². The van der Waals surface area contributed by atoms with Gasteiger partial charge in [-0.3, -0.25) is 4.79 Å². The third kappa shape index (κ3) is 2.57. The number of hydrogen-bond acceptors (Lipinski definition) is 3. The van der Waals surface area contributed by atoms with E-state index in [0.717, 1.165) is 22.4 Å². The molecule has 1 aliphatic heterocycles. The first-order chi connectivity index (χ1) is 9.81. The van der Waals surface area contributed by atoms with Crippen molar-refractivity contribution in [3.63, 3.8) is 0 Å². The number of esters is 1. The topological polar surface area (TPSA) is 35.5 Å². The van der Waals surface area contributed by atoms with Crippen LogP contribution >= 0.6 is 0 Å². The zero-order chi connectivity index (χ0) is 15.8. The Morgan fingerprint density at radius 2 is 2.10 bits per heavy atom. The monoisotopic (exact) mass is 288 g/mol. The molecule has 0 aromatic heterocycles. The van der Waals surface area contributed by atoms with Gasteiger partial charge < -0.3 is 9.47 Å². The third-order valence-electron chi connectivity index (χ3n) is 4.77. The first-order valence-corrected chi connectivity index (χ1v) is 7.40. The van der Waals surface area contributed by atoms with Crippen molar-refractivity contribution in [2.75, 3.05) is 6.61 Å². The molecule has 2 rings (SSSR count). The standard InChI is InChI=1S/C18H24O3/c1-7-8-20-15-9-14-17(13(5)12(15)4)21-16(19)10-18(14,6)11(2)3/h7,9,11H,1,8,10H2,2-6H3. The minimum Gasteiger partial charge on any atom is -0.489 e. The van der Waals surface area contributed by atoms with Crippen molar-refractivity contribution in [1.82, 2.24) is 0 Å². The molecular weight excluding hydrogens is 264 g/mol. The summed E-state index contributed by atoms with van der Waals surface area (Å²) in [6.45, 7) is 14.5. The van der Waals surface area contributed by atoms with Gasteiger partial charge >= 0.3 is 5.97 Å². The largest absolute Gasteiger partial charge is 0.489 e. The van der Waals surface area contributed by atoms with Crippen LogP contribution in [0, 0.1) is 19.8 Å². The van der Waals surface area contributed by atoms with E-state index in [0.29, 0.717) is 24.7 Å². The summed E-state index contributed by atoms with van der Waals surface area (Å²) in [6.07, 6.45) is 2.14.